The molecule has 0 unspecified atom stereocenters. The molecule has 1 atom stereocenters. The molecule has 4 heteroatoms. The van der Waals surface area contributed by atoms with Crippen molar-refractivity contribution in [1.82, 2.24) is 5.32 Å². The number of rotatable bonds is 6. The summed E-state index contributed by atoms with van der Waals surface area (Å²) < 4.78 is 23.3. The molecule has 0 bridgehead atoms. The van der Waals surface area contributed by atoms with E-state index in [1.54, 1.807) is 13.8 Å². The molecule has 1 aromatic carbocycles. The third-order valence-corrected chi connectivity index (χ3v) is 5.31. The topological polar surface area (TPSA) is 46.2 Å². The first-order chi connectivity index (χ1) is 8.33. The number of nitrogens with one attached hydrogen (secondary N) is 1. The summed E-state index contributed by atoms with van der Waals surface area (Å²) in [5, 5.41) is 2.96. The first-order valence-electron chi connectivity index (χ1n) is 6.34. The lowest BCUT2D eigenvalue weighted by Crippen LogP contribution is -2.29. The van der Waals surface area contributed by atoms with E-state index in [-0.39, 0.29) is 17.0 Å². The van der Waals surface area contributed by atoms with Crippen LogP contribution < -0.4 is 5.32 Å². The maximum atomic E-state index is 11.7. The van der Waals surface area contributed by atoms with Gasteiger partial charge in [-0.05, 0) is 33.3 Å². The summed E-state index contributed by atoms with van der Waals surface area (Å²) in [6.07, 6.45) is 0. The second kappa shape index (κ2) is 6.34. The van der Waals surface area contributed by atoms with Crippen molar-refractivity contribution in [2.45, 2.75) is 39.0 Å². The normalized spacial score (nSPS) is 13.8. The van der Waals surface area contributed by atoms with Crippen LogP contribution in [0.2, 0.25) is 0 Å². The molecule has 0 aliphatic heterocycles. The van der Waals surface area contributed by atoms with E-state index >= 15 is 0 Å². The third kappa shape index (κ3) is 4.42. The molecule has 1 aromatic rings. The minimum absolute atomic E-state index is 0.173. The Balaban J connectivity index is 2.50. The summed E-state index contributed by atoms with van der Waals surface area (Å²) in [5.74, 6) is 0.195. The molecule has 0 radical (unpaired) electrons. The van der Waals surface area contributed by atoms with Crippen LogP contribution in [0, 0.1) is 6.92 Å². The summed E-state index contributed by atoms with van der Waals surface area (Å²) in [5.41, 5.74) is 2.41. The van der Waals surface area contributed by atoms with Gasteiger partial charge in [0, 0.05) is 12.6 Å². The van der Waals surface area contributed by atoms with Crippen molar-refractivity contribution in [2.75, 3.05) is 12.3 Å². The van der Waals surface area contributed by atoms with Gasteiger partial charge in [-0.3, -0.25) is 0 Å². The highest BCUT2D eigenvalue weighted by molar-refractivity contribution is 7.92. The molecule has 0 aliphatic carbocycles. The van der Waals surface area contributed by atoms with Crippen LogP contribution >= 0.6 is 0 Å². The monoisotopic (exact) mass is 269 g/mol. The fraction of sp³-hybridized carbons (Fsp3) is 0.571. The van der Waals surface area contributed by atoms with Gasteiger partial charge in [-0.2, -0.15) is 0 Å². The van der Waals surface area contributed by atoms with Crippen molar-refractivity contribution in [3.63, 3.8) is 0 Å². The van der Waals surface area contributed by atoms with Gasteiger partial charge in [-0.25, -0.2) is 8.42 Å². The Bertz CT molecular complexity index is 480. The zero-order valence-corrected chi connectivity index (χ0v) is 12.4. The van der Waals surface area contributed by atoms with Crippen LogP contribution in [0.1, 0.15) is 37.9 Å². The van der Waals surface area contributed by atoms with Crippen molar-refractivity contribution in [3.05, 3.63) is 35.4 Å². The molecule has 0 spiro atoms. The first-order valence-corrected chi connectivity index (χ1v) is 8.06. The summed E-state index contributed by atoms with van der Waals surface area (Å²) in [6.45, 7) is 8.05. The van der Waals surface area contributed by atoms with Gasteiger partial charge >= 0.3 is 0 Å². The molecule has 0 heterocycles. The molecule has 0 amide bonds. The van der Waals surface area contributed by atoms with E-state index in [4.69, 9.17) is 0 Å². The molecule has 3 nitrogen and oxygen atoms in total. The van der Waals surface area contributed by atoms with Gasteiger partial charge in [0.05, 0.1) is 11.0 Å². The van der Waals surface area contributed by atoms with Gasteiger partial charge in [0.2, 0.25) is 0 Å². The molecule has 0 aliphatic rings. The van der Waals surface area contributed by atoms with Gasteiger partial charge < -0.3 is 5.32 Å². The zero-order chi connectivity index (χ0) is 13.8. The predicted molar refractivity (Wildman–Crippen MR) is 76.5 cm³/mol. The standard InChI is InChI=1S/C14H23NO2S/c1-11(2)18(16,17)9-8-15-13(4)14-7-5-6-12(3)10-14/h5-7,10-11,13,15H,8-9H2,1-4H3/t13-/m1/s1. The molecule has 0 saturated heterocycles. The first kappa shape index (κ1) is 15.2. The van der Waals surface area contributed by atoms with Crippen LogP contribution in [0.25, 0.3) is 0 Å². The molecular weight excluding hydrogens is 246 g/mol. The Kier molecular flexibility index (Phi) is 5.35. The second-order valence-corrected chi connectivity index (χ2v) is 7.68. The number of sulfone groups is 1. The highest BCUT2D eigenvalue weighted by atomic mass is 32.2. The average Bonchev–Trinajstić information content (AvgIpc) is 2.28. The van der Waals surface area contributed by atoms with Crippen LogP contribution in [0.15, 0.2) is 24.3 Å². The predicted octanol–water partition coefficient (Wildman–Crippen LogP) is 2.47. The Labute approximate surface area is 111 Å². The van der Waals surface area contributed by atoms with Gasteiger partial charge in [0.25, 0.3) is 0 Å². The molecule has 0 aromatic heterocycles. The van der Waals surface area contributed by atoms with E-state index in [2.05, 4.69) is 37.4 Å². The minimum Gasteiger partial charge on any atom is -0.309 e. The fourth-order valence-corrected chi connectivity index (χ4v) is 2.58. The van der Waals surface area contributed by atoms with Crippen molar-refractivity contribution >= 4 is 9.84 Å². The third-order valence-electron chi connectivity index (χ3n) is 3.10. The van der Waals surface area contributed by atoms with Gasteiger partial charge in [-0.15, -0.1) is 0 Å². The number of benzene rings is 1. The molecular formula is C14H23NO2S. The smallest absolute Gasteiger partial charge is 0.153 e. The van der Waals surface area contributed by atoms with E-state index in [9.17, 15) is 8.42 Å². The number of hydrogen-bond donors (Lipinski definition) is 1. The quantitative estimate of drug-likeness (QED) is 0.863. The van der Waals surface area contributed by atoms with Crippen molar-refractivity contribution in [1.29, 1.82) is 0 Å². The van der Waals surface area contributed by atoms with Crippen molar-refractivity contribution in [2.24, 2.45) is 0 Å². The Morgan fingerprint density at radius 3 is 2.44 bits per heavy atom. The highest BCUT2D eigenvalue weighted by Crippen LogP contribution is 2.13. The minimum atomic E-state index is -2.95. The zero-order valence-electron chi connectivity index (χ0n) is 11.6. The molecule has 1 N–H and O–H groups in total. The summed E-state index contributed by atoms with van der Waals surface area (Å²) in [7, 11) is -2.95. The average molecular weight is 269 g/mol. The van der Waals surface area contributed by atoms with E-state index < -0.39 is 9.84 Å². The van der Waals surface area contributed by atoms with E-state index in [0.29, 0.717) is 6.54 Å². The van der Waals surface area contributed by atoms with E-state index in [0.717, 1.165) is 0 Å². The molecule has 102 valence electrons. The summed E-state index contributed by atoms with van der Waals surface area (Å²) >= 11 is 0. The van der Waals surface area contributed by atoms with Crippen LogP contribution in [0.4, 0.5) is 0 Å². The van der Waals surface area contributed by atoms with Gasteiger partial charge in [0.1, 0.15) is 0 Å². The fourth-order valence-electron chi connectivity index (χ4n) is 1.71. The van der Waals surface area contributed by atoms with Crippen molar-refractivity contribution < 1.29 is 8.42 Å². The lowest BCUT2D eigenvalue weighted by atomic mass is 10.1. The van der Waals surface area contributed by atoms with E-state index in [1.165, 1.54) is 11.1 Å². The van der Waals surface area contributed by atoms with Crippen LogP contribution in [0.3, 0.4) is 0 Å². The van der Waals surface area contributed by atoms with Crippen molar-refractivity contribution in [3.8, 4) is 0 Å². The Hall–Kier alpha value is -0.870. The molecule has 0 fully saturated rings. The largest absolute Gasteiger partial charge is 0.309 e. The van der Waals surface area contributed by atoms with Crippen LogP contribution in [-0.4, -0.2) is 26.0 Å². The van der Waals surface area contributed by atoms with Crippen LogP contribution in [0.5, 0.6) is 0 Å². The maximum Gasteiger partial charge on any atom is 0.153 e. The lowest BCUT2D eigenvalue weighted by molar-refractivity contribution is 0.566. The SMILES string of the molecule is Cc1cccc([C@@H](C)NCCS(=O)(=O)C(C)C)c1. The van der Waals surface area contributed by atoms with Gasteiger partial charge in [-0.1, -0.05) is 29.8 Å². The second-order valence-electron chi connectivity index (χ2n) is 5.01. The van der Waals surface area contributed by atoms with Gasteiger partial charge in [0.15, 0.2) is 9.84 Å². The van der Waals surface area contributed by atoms with Crippen LogP contribution in [-0.2, 0) is 9.84 Å². The summed E-state index contributed by atoms with van der Waals surface area (Å²) in [6, 6.07) is 8.43. The lowest BCUT2D eigenvalue weighted by Gasteiger charge is -2.15. The molecule has 1 rings (SSSR count). The maximum absolute atomic E-state index is 11.7. The Morgan fingerprint density at radius 1 is 1.22 bits per heavy atom. The number of aryl methyl sites for hydroxylation is 1. The Morgan fingerprint density at radius 2 is 1.89 bits per heavy atom. The van der Waals surface area contributed by atoms with E-state index in [1.807, 2.05) is 6.07 Å². The number of hydrogen-bond acceptors (Lipinski definition) is 3. The highest BCUT2D eigenvalue weighted by Gasteiger charge is 2.15. The molecule has 0 saturated carbocycles. The molecule has 18 heavy (non-hydrogen) atoms. The summed E-state index contributed by atoms with van der Waals surface area (Å²) in [4.78, 5) is 0.